The van der Waals surface area contributed by atoms with Crippen molar-refractivity contribution in [2.75, 3.05) is 19.8 Å². The lowest BCUT2D eigenvalue weighted by Crippen LogP contribution is -2.53. The number of hydrogen-bond acceptors (Lipinski definition) is 2. The summed E-state index contributed by atoms with van der Waals surface area (Å²) in [6.45, 7) is 8.89. The zero-order valence-electron chi connectivity index (χ0n) is 10.4. The number of aryl methyl sites for hydroxylation is 2. The fraction of sp³-hybridized carbons (Fsp3) is 0.571. The Morgan fingerprint density at radius 2 is 2.06 bits per heavy atom. The summed E-state index contributed by atoms with van der Waals surface area (Å²) in [7, 11) is 0. The topological polar surface area (TPSA) is 35.2 Å². The van der Waals surface area contributed by atoms with Crippen molar-refractivity contribution >= 4 is 0 Å². The van der Waals surface area contributed by atoms with Gasteiger partial charge in [0.15, 0.2) is 0 Å². The molecule has 2 rings (SSSR count). The summed E-state index contributed by atoms with van der Waals surface area (Å²) in [6.07, 6.45) is 0. The summed E-state index contributed by atoms with van der Waals surface area (Å²) in [5, 5.41) is 0. The van der Waals surface area contributed by atoms with Crippen molar-refractivity contribution < 1.29 is 4.74 Å². The van der Waals surface area contributed by atoms with Crippen LogP contribution in [0.5, 0.6) is 0 Å². The van der Waals surface area contributed by atoms with Crippen molar-refractivity contribution in [2.45, 2.75) is 26.2 Å². The molecule has 0 aliphatic carbocycles. The van der Waals surface area contributed by atoms with Gasteiger partial charge in [-0.2, -0.15) is 0 Å². The minimum absolute atomic E-state index is 0.159. The van der Waals surface area contributed by atoms with E-state index >= 15 is 0 Å². The molecule has 1 aliphatic rings. The molecule has 2 N–H and O–H groups in total. The third kappa shape index (κ3) is 1.66. The van der Waals surface area contributed by atoms with Crippen LogP contribution in [-0.2, 0) is 10.2 Å². The Balaban J connectivity index is 2.40. The van der Waals surface area contributed by atoms with Crippen LogP contribution in [0.25, 0.3) is 0 Å². The first kappa shape index (κ1) is 11.6. The van der Waals surface area contributed by atoms with Gasteiger partial charge in [0, 0.05) is 5.41 Å². The Hall–Kier alpha value is -0.860. The van der Waals surface area contributed by atoms with Crippen LogP contribution in [0.3, 0.4) is 0 Å². The number of hydrogen-bond donors (Lipinski definition) is 1. The molecular weight excluding hydrogens is 198 g/mol. The van der Waals surface area contributed by atoms with Crippen LogP contribution in [0.15, 0.2) is 18.2 Å². The summed E-state index contributed by atoms with van der Waals surface area (Å²) in [5.41, 5.74) is 10.1. The lowest BCUT2D eigenvalue weighted by Gasteiger charge is -2.47. The summed E-state index contributed by atoms with van der Waals surface area (Å²) in [6, 6.07) is 6.68. The fourth-order valence-corrected chi connectivity index (χ4v) is 2.63. The molecule has 16 heavy (non-hydrogen) atoms. The van der Waals surface area contributed by atoms with E-state index < -0.39 is 0 Å². The first-order valence-electron chi connectivity index (χ1n) is 5.96. The molecule has 0 saturated carbocycles. The number of ether oxygens (including phenoxy) is 1. The largest absolute Gasteiger partial charge is 0.379 e. The zero-order valence-corrected chi connectivity index (χ0v) is 10.4. The van der Waals surface area contributed by atoms with Crippen LogP contribution in [0.4, 0.5) is 0 Å². The summed E-state index contributed by atoms with van der Waals surface area (Å²) >= 11 is 0. The molecule has 1 aromatic rings. The van der Waals surface area contributed by atoms with Crippen molar-refractivity contribution in [2.24, 2.45) is 11.7 Å². The van der Waals surface area contributed by atoms with E-state index in [1.807, 2.05) is 0 Å². The third-order valence-corrected chi connectivity index (χ3v) is 3.93. The number of benzene rings is 1. The molecule has 0 radical (unpaired) electrons. The Kier molecular flexibility index (Phi) is 3.04. The van der Waals surface area contributed by atoms with E-state index in [9.17, 15) is 0 Å². The fourth-order valence-electron chi connectivity index (χ4n) is 2.63. The molecule has 0 spiro atoms. The molecule has 0 bridgehead atoms. The second kappa shape index (κ2) is 4.19. The van der Waals surface area contributed by atoms with E-state index in [4.69, 9.17) is 10.5 Å². The molecule has 1 heterocycles. The summed E-state index contributed by atoms with van der Waals surface area (Å²) in [4.78, 5) is 0. The van der Waals surface area contributed by atoms with Crippen molar-refractivity contribution in [3.05, 3.63) is 34.9 Å². The highest BCUT2D eigenvalue weighted by molar-refractivity contribution is 5.38. The molecule has 0 aromatic heterocycles. The van der Waals surface area contributed by atoms with E-state index in [0.717, 1.165) is 19.8 Å². The second-order valence-corrected chi connectivity index (χ2v) is 5.10. The van der Waals surface area contributed by atoms with Crippen molar-refractivity contribution in [1.82, 2.24) is 0 Å². The zero-order chi connectivity index (χ0) is 11.8. The van der Waals surface area contributed by atoms with Gasteiger partial charge in [-0.3, -0.25) is 0 Å². The molecular formula is C14H21NO. The quantitative estimate of drug-likeness (QED) is 0.845. The van der Waals surface area contributed by atoms with Crippen LogP contribution in [0.2, 0.25) is 0 Å². The van der Waals surface area contributed by atoms with Gasteiger partial charge in [0.2, 0.25) is 0 Å². The molecule has 1 saturated heterocycles. The molecule has 1 aliphatic heterocycles. The molecule has 1 fully saturated rings. The minimum Gasteiger partial charge on any atom is -0.379 e. The number of nitrogens with two attached hydrogens (primary N) is 1. The Morgan fingerprint density at radius 1 is 1.38 bits per heavy atom. The normalized spacial score (nSPS) is 20.2. The van der Waals surface area contributed by atoms with Gasteiger partial charge in [0.1, 0.15) is 0 Å². The second-order valence-electron chi connectivity index (χ2n) is 5.10. The van der Waals surface area contributed by atoms with E-state index in [1.54, 1.807) is 0 Å². The highest BCUT2D eigenvalue weighted by Gasteiger charge is 2.45. The van der Waals surface area contributed by atoms with Crippen LogP contribution in [-0.4, -0.2) is 19.8 Å². The maximum Gasteiger partial charge on any atom is 0.0588 e. The Morgan fingerprint density at radius 3 is 2.50 bits per heavy atom. The Bertz CT molecular complexity index is 382. The van der Waals surface area contributed by atoms with Crippen LogP contribution < -0.4 is 5.73 Å². The molecule has 88 valence electrons. The average Bonchev–Trinajstić information content (AvgIpc) is 2.19. The monoisotopic (exact) mass is 219 g/mol. The van der Waals surface area contributed by atoms with Gasteiger partial charge in [-0.15, -0.1) is 0 Å². The van der Waals surface area contributed by atoms with E-state index in [-0.39, 0.29) is 5.41 Å². The summed E-state index contributed by atoms with van der Waals surface area (Å²) < 4.78 is 5.45. The smallest absolute Gasteiger partial charge is 0.0588 e. The van der Waals surface area contributed by atoms with Gasteiger partial charge >= 0.3 is 0 Å². The standard InChI is InChI=1S/C14H21NO/c1-10-4-5-13(11(2)6-10)14(8-16-9-14)12(3)7-15/h4-6,12H,7-9,15H2,1-3H3. The number of rotatable bonds is 3. The molecule has 1 unspecified atom stereocenters. The predicted molar refractivity (Wildman–Crippen MR) is 66.6 cm³/mol. The van der Waals surface area contributed by atoms with Crippen LogP contribution >= 0.6 is 0 Å². The van der Waals surface area contributed by atoms with E-state index in [0.29, 0.717) is 5.92 Å². The average molecular weight is 219 g/mol. The molecule has 2 nitrogen and oxygen atoms in total. The minimum atomic E-state index is 0.159. The third-order valence-electron chi connectivity index (χ3n) is 3.93. The first-order valence-corrected chi connectivity index (χ1v) is 5.96. The summed E-state index contributed by atoms with van der Waals surface area (Å²) in [5.74, 6) is 0.475. The van der Waals surface area contributed by atoms with Gasteiger partial charge in [-0.25, -0.2) is 0 Å². The van der Waals surface area contributed by atoms with Crippen LogP contribution in [0, 0.1) is 19.8 Å². The first-order chi connectivity index (χ1) is 7.60. The van der Waals surface area contributed by atoms with Gasteiger partial charge < -0.3 is 10.5 Å². The van der Waals surface area contributed by atoms with Gasteiger partial charge in [0.05, 0.1) is 13.2 Å². The lowest BCUT2D eigenvalue weighted by atomic mass is 9.68. The van der Waals surface area contributed by atoms with Gasteiger partial charge in [-0.1, -0.05) is 30.7 Å². The van der Waals surface area contributed by atoms with Crippen molar-refractivity contribution in [3.63, 3.8) is 0 Å². The molecule has 0 amide bonds. The SMILES string of the molecule is Cc1ccc(C2(C(C)CN)COC2)c(C)c1. The molecule has 1 atom stereocenters. The van der Waals surface area contributed by atoms with Crippen molar-refractivity contribution in [1.29, 1.82) is 0 Å². The van der Waals surface area contributed by atoms with Crippen molar-refractivity contribution in [3.8, 4) is 0 Å². The molecule has 1 aromatic carbocycles. The van der Waals surface area contributed by atoms with E-state index in [1.165, 1.54) is 16.7 Å². The van der Waals surface area contributed by atoms with E-state index in [2.05, 4.69) is 39.0 Å². The molecule has 2 heteroatoms. The van der Waals surface area contributed by atoms with Gasteiger partial charge in [0.25, 0.3) is 0 Å². The maximum atomic E-state index is 5.83. The highest BCUT2D eigenvalue weighted by Crippen LogP contribution is 2.40. The van der Waals surface area contributed by atoms with Crippen LogP contribution in [0.1, 0.15) is 23.6 Å². The Labute approximate surface area is 97.8 Å². The lowest BCUT2D eigenvalue weighted by molar-refractivity contribution is -0.0857. The predicted octanol–water partition coefficient (Wildman–Crippen LogP) is 2.17. The maximum absolute atomic E-state index is 5.83. The van der Waals surface area contributed by atoms with Gasteiger partial charge in [-0.05, 0) is 37.4 Å². The highest BCUT2D eigenvalue weighted by atomic mass is 16.5.